The number of carbonyl (C=O) groups is 1. The minimum Gasteiger partial charge on any atom is -0.484 e. The fourth-order valence-corrected chi connectivity index (χ4v) is 2.05. The van der Waals surface area contributed by atoms with Gasteiger partial charge in [-0.05, 0) is 24.3 Å². The van der Waals surface area contributed by atoms with Crippen LogP contribution in [0.15, 0.2) is 54.6 Å². The third-order valence-corrected chi connectivity index (χ3v) is 3.23. The zero-order chi connectivity index (χ0) is 17.4. The molecule has 0 N–H and O–H groups in total. The van der Waals surface area contributed by atoms with Crippen LogP contribution in [0, 0.1) is 21.4 Å². The van der Waals surface area contributed by atoms with E-state index in [2.05, 4.69) is 0 Å². The molecule has 2 rings (SSSR count). The van der Waals surface area contributed by atoms with Crippen molar-refractivity contribution in [3.63, 3.8) is 0 Å². The highest BCUT2D eigenvalue weighted by Gasteiger charge is 2.16. The van der Waals surface area contributed by atoms with Gasteiger partial charge in [0, 0.05) is 24.4 Å². The molecule has 0 bridgehead atoms. The van der Waals surface area contributed by atoms with Crippen molar-refractivity contribution in [1.82, 2.24) is 0 Å². The number of carbonyl (C=O) groups excluding carboxylic acids is 1. The monoisotopic (exact) mass is 325 g/mol. The Kier molecular flexibility index (Phi) is 5.86. The van der Waals surface area contributed by atoms with Crippen LogP contribution in [-0.4, -0.2) is 24.0 Å². The normalized spacial score (nSPS) is 9.79. The first-order chi connectivity index (χ1) is 11.6. The van der Waals surface area contributed by atoms with Gasteiger partial charge in [0.2, 0.25) is 0 Å². The number of para-hydroxylation sites is 1. The predicted molar refractivity (Wildman–Crippen MR) is 87.6 cm³/mol. The van der Waals surface area contributed by atoms with Gasteiger partial charge in [0.1, 0.15) is 5.75 Å². The van der Waals surface area contributed by atoms with E-state index in [1.165, 1.54) is 29.2 Å². The molecular weight excluding hydrogens is 310 g/mol. The molecule has 0 unspecified atom stereocenters. The van der Waals surface area contributed by atoms with Gasteiger partial charge < -0.3 is 9.64 Å². The largest absolute Gasteiger partial charge is 0.484 e. The topological polar surface area (TPSA) is 96.5 Å². The number of hydrogen-bond donors (Lipinski definition) is 0. The van der Waals surface area contributed by atoms with E-state index < -0.39 is 4.92 Å². The van der Waals surface area contributed by atoms with Crippen molar-refractivity contribution < 1.29 is 14.5 Å². The molecule has 0 heterocycles. The molecule has 24 heavy (non-hydrogen) atoms. The molecule has 0 aromatic heterocycles. The first-order valence-electron chi connectivity index (χ1n) is 7.21. The number of nitriles is 1. The molecule has 0 atom stereocenters. The molecule has 0 radical (unpaired) electrons. The average Bonchev–Trinajstić information content (AvgIpc) is 2.61. The minimum atomic E-state index is -0.506. The van der Waals surface area contributed by atoms with E-state index in [1.54, 1.807) is 24.3 Å². The van der Waals surface area contributed by atoms with E-state index in [1.807, 2.05) is 12.1 Å². The lowest BCUT2D eigenvalue weighted by Gasteiger charge is -2.21. The Morgan fingerprint density at radius 1 is 1.17 bits per heavy atom. The van der Waals surface area contributed by atoms with Crippen molar-refractivity contribution in [1.29, 1.82) is 5.26 Å². The molecule has 0 aliphatic heterocycles. The van der Waals surface area contributed by atoms with Crippen molar-refractivity contribution >= 4 is 17.3 Å². The van der Waals surface area contributed by atoms with Gasteiger partial charge in [0.05, 0.1) is 17.4 Å². The average molecular weight is 325 g/mol. The van der Waals surface area contributed by atoms with Crippen LogP contribution in [0.3, 0.4) is 0 Å². The molecule has 7 heteroatoms. The van der Waals surface area contributed by atoms with Gasteiger partial charge in [-0.1, -0.05) is 18.2 Å². The first kappa shape index (κ1) is 17.0. The summed E-state index contributed by atoms with van der Waals surface area (Å²) in [7, 11) is 0. The van der Waals surface area contributed by atoms with Crippen molar-refractivity contribution in [3.8, 4) is 11.8 Å². The molecule has 0 saturated heterocycles. The van der Waals surface area contributed by atoms with Gasteiger partial charge >= 0.3 is 0 Å². The number of hydrogen-bond acceptors (Lipinski definition) is 5. The number of nitrogens with zero attached hydrogens (tertiary/aromatic N) is 3. The van der Waals surface area contributed by atoms with Gasteiger partial charge in [-0.2, -0.15) is 5.26 Å². The van der Waals surface area contributed by atoms with Crippen molar-refractivity contribution in [3.05, 3.63) is 64.7 Å². The summed E-state index contributed by atoms with van der Waals surface area (Å²) >= 11 is 0. The smallest absolute Gasteiger partial charge is 0.269 e. The summed E-state index contributed by atoms with van der Waals surface area (Å²) in [5.74, 6) is 0.0667. The lowest BCUT2D eigenvalue weighted by molar-refractivity contribution is -0.384. The third kappa shape index (κ3) is 4.55. The van der Waals surface area contributed by atoms with Crippen LogP contribution in [0.4, 0.5) is 11.4 Å². The maximum atomic E-state index is 12.4. The molecular formula is C17H15N3O4. The van der Waals surface area contributed by atoms with Gasteiger partial charge in [0.15, 0.2) is 6.61 Å². The Morgan fingerprint density at radius 2 is 1.83 bits per heavy atom. The summed E-state index contributed by atoms with van der Waals surface area (Å²) in [4.78, 5) is 24.0. The van der Waals surface area contributed by atoms with Crippen molar-refractivity contribution in [2.45, 2.75) is 6.42 Å². The summed E-state index contributed by atoms with van der Waals surface area (Å²) in [5, 5.41) is 19.4. The lowest BCUT2D eigenvalue weighted by atomic mass is 10.2. The van der Waals surface area contributed by atoms with Crippen molar-refractivity contribution in [2.75, 3.05) is 18.1 Å². The minimum absolute atomic E-state index is 0.0476. The Bertz CT molecular complexity index is 739. The molecule has 2 aromatic rings. The summed E-state index contributed by atoms with van der Waals surface area (Å²) in [6, 6.07) is 16.5. The van der Waals surface area contributed by atoms with Crippen molar-refractivity contribution in [2.24, 2.45) is 0 Å². The summed E-state index contributed by atoms with van der Waals surface area (Å²) in [5.41, 5.74) is 0.638. The second-order valence-electron chi connectivity index (χ2n) is 4.83. The predicted octanol–water partition coefficient (Wildman–Crippen LogP) is 2.92. The van der Waals surface area contributed by atoms with Crippen LogP contribution in [0.1, 0.15) is 6.42 Å². The molecule has 0 fully saturated rings. The highest BCUT2D eigenvalue weighted by Crippen LogP contribution is 2.18. The number of benzene rings is 2. The quantitative estimate of drug-likeness (QED) is 0.576. The van der Waals surface area contributed by atoms with E-state index in [4.69, 9.17) is 10.00 Å². The van der Waals surface area contributed by atoms with Gasteiger partial charge in [-0.3, -0.25) is 14.9 Å². The van der Waals surface area contributed by atoms with Gasteiger partial charge in [-0.15, -0.1) is 0 Å². The number of ether oxygens (including phenoxy) is 1. The van der Waals surface area contributed by atoms with Gasteiger partial charge in [0.25, 0.3) is 11.6 Å². The Morgan fingerprint density at radius 3 is 2.42 bits per heavy atom. The fraction of sp³-hybridized carbons (Fsp3) is 0.176. The second kappa shape index (κ2) is 8.29. The number of anilines is 1. The summed E-state index contributed by atoms with van der Waals surface area (Å²) in [6.07, 6.45) is 0.207. The van der Waals surface area contributed by atoms with Crippen LogP contribution in [-0.2, 0) is 4.79 Å². The molecule has 2 aromatic carbocycles. The lowest BCUT2D eigenvalue weighted by Crippen LogP contribution is -2.35. The summed E-state index contributed by atoms with van der Waals surface area (Å²) in [6.45, 7) is 0.0428. The van der Waals surface area contributed by atoms with E-state index in [-0.39, 0.29) is 31.2 Å². The Hall–Kier alpha value is -3.40. The van der Waals surface area contributed by atoms with E-state index in [0.717, 1.165) is 0 Å². The van der Waals surface area contributed by atoms with E-state index in [0.29, 0.717) is 11.4 Å². The Balaban J connectivity index is 2.02. The number of nitro groups is 1. The highest BCUT2D eigenvalue weighted by molar-refractivity contribution is 5.94. The highest BCUT2D eigenvalue weighted by atomic mass is 16.6. The zero-order valence-corrected chi connectivity index (χ0v) is 12.8. The second-order valence-corrected chi connectivity index (χ2v) is 4.83. The maximum Gasteiger partial charge on any atom is 0.269 e. The van der Waals surface area contributed by atoms with Crippen LogP contribution in [0.5, 0.6) is 5.75 Å². The number of non-ortho nitro benzene ring substituents is 1. The molecule has 0 saturated carbocycles. The van der Waals surface area contributed by atoms with Crippen LogP contribution < -0.4 is 9.64 Å². The standard InChI is InChI=1S/C17H15N3O4/c18-11-4-12-19(14-5-2-1-3-6-14)17(21)13-24-16-9-7-15(8-10-16)20(22)23/h1-3,5-10H,4,12-13H2. The molecule has 0 aliphatic carbocycles. The first-order valence-corrected chi connectivity index (χ1v) is 7.21. The fourth-order valence-electron chi connectivity index (χ4n) is 2.05. The summed E-state index contributed by atoms with van der Waals surface area (Å²) < 4.78 is 5.39. The molecule has 7 nitrogen and oxygen atoms in total. The van der Waals surface area contributed by atoms with Crippen LogP contribution in [0.2, 0.25) is 0 Å². The third-order valence-electron chi connectivity index (χ3n) is 3.23. The van der Waals surface area contributed by atoms with Gasteiger partial charge in [-0.25, -0.2) is 0 Å². The molecule has 0 aliphatic rings. The molecule has 1 amide bonds. The van der Waals surface area contributed by atoms with E-state index in [9.17, 15) is 14.9 Å². The number of nitro benzene ring substituents is 1. The maximum absolute atomic E-state index is 12.4. The molecule has 0 spiro atoms. The van der Waals surface area contributed by atoms with E-state index >= 15 is 0 Å². The molecule has 122 valence electrons. The number of amides is 1. The van der Waals surface area contributed by atoms with Crippen LogP contribution in [0.25, 0.3) is 0 Å². The number of rotatable bonds is 7. The zero-order valence-electron chi connectivity index (χ0n) is 12.8. The van der Waals surface area contributed by atoms with Crippen LogP contribution >= 0.6 is 0 Å². The Labute approximate surface area is 138 Å². The SMILES string of the molecule is N#CCCN(C(=O)COc1ccc([N+](=O)[O-])cc1)c1ccccc1.